The third-order valence-corrected chi connectivity index (χ3v) is 2.20. The quantitative estimate of drug-likeness (QED) is 0.355. The second-order valence-corrected chi connectivity index (χ2v) is 3.40. The molecule has 1 N–H and O–H groups in total. The van der Waals surface area contributed by atoms with E-state index in [4.69, 9.17) is 14.7 Å². The van der Waals surface area contributed by atoms with Crippen LogP contribution in [0.25, 0.3) is 0 Å². The lowest BCUT2D eigenvalue weighted by atomic mass is 10.1. The van der Waals surface area contributed by atoms with E-state index in [1.807, 2.05) is 6.07 Å². The Bertz CT molecular complexity index is 478. The number of ether oxygens (including phenoxy) is 1. The van der Waals surface area contributed by atoms with Gasteiger partial charge in [0.05, 0.1) is 12.2 Å². The SMILES string of the molecule is C/[N+]([O-])=C1/C(=N/OCCO)Oc2ccccc21. The summed E-state index contributed by atoms with van der Waals surface area (Å²) >= 11 is 0. The lowest BCUT2D eigenvalue weighted by Crippen LogP contribution is -2.22. The van der Waals surface area contributed by atoms with Crippen molar-refractivity contribution in [1.29, 1.82) is 0 Å². The van der Waals surface area contributed by atoms with Crippen molar-refractivity contribution in [1.82, 2.24) is 0 Å². The van der Waals surface area contributed by atoms with Gasteiger partial charge in [-0.2, -0.15) is 0 Å². The molecule has 6 heteroatoms. The van der Waals surface area contributed by atoms with Gasteiger partial charge in [-0.25, -0.2) is 4.74 Å². The standard InChI is InChI=1S/C11H12N2O4/c1-13(15)10-8-4-2-3-5-9(8)17-11(10)12-16-7-6-14/h2-5,14H,6-7H2,1H3/b12-11-,13-10-. The number of oxime groups is 1. The van der Waals surface area contributed by atoms with E-state index in [0.717, 1.165) is 0 Å². The minimum atomic E-state index is -0.147. The van der Waals surface area contributed by atoms with E-state index in [0.29, 0.717) is 21.8 Å². The molecule has 6 nitrogen and oxygen atoms in total. The Morgan fingerprint density at radius 2 is 2.24 bits per heavy atom. The van der Waals surface area contributed by atoms with Crippen LogP contribution >= 0.6 is 0 Å². The topological polar surface area (TPSA) is 77.1 Å². The van der Waals surface area contributed by atoms with E-state index >= 15 is 0 Å². The van der Waals surface area contributed by atoms with E-state index in [1.54, 1.807) is 18.2 Å². The van der Waals surface area contributed by atoms with Crippen LogP contribution in [0.15, 0.2) is 29.4 Å². The monoisotopic (exact) mass is 236 g/mol. The van der Waals surface area contributed by atoms with Crippen LogP contribution in [0.3, 0.4) is 0 Å². The van der Waals surface area contributed by atoms with Crippen molar-refractivity contribution < 1.29 is 19.4 Å². The molecule has 0 saturated heterocycles. The summed E-state index contributed by atoms with van der Waals surface area (Å²) in [6.07, 6.45) is 0. The number of hydrogen-bond donors (Lipinski definition) is 1. The van der Waals surface area contributed by atoms with Gasteiger partial charge >= 0.3 is 5.90 Å². The molecule has 0 saturated carbocycles. The molecule has 0 spiro atoms. The van der Waals surface area contributed by atoms with Crippen molar-refractivity contribution in [2.24, 2.45) is 5.16 Å². The maximum atomic E-state index is 11.5. The molecule has 0 unspecified atom stereocenters. The summed E-state index contributed by atoms with van der Waals surface area (Å²) in [7, 11) is 1.36. The Morgan fingerprint density at radius 1 is 1.47 bits per heavy atom. The number of benzene rings is 1. The molecule has 1 heterocycles. The van der Waals surface area contributed by atoms with Crippen LogP contribution in [0.1, 0.15) is 5.56 Å². The smallest absolute Gasteiger partial charge is 0.330 e. The van der Waals surface area contributed by atoms with Crippen LogP contribution in [0.4, 0.5) is 0 Å². The molecule has 1 aromatic carbocycles. The maximum Gasteiger partial charge on any atom is 0.330 e. The summed E-state index contributed by atoms with van der Waals surface area (Å²) in [6.45, 7) is -0.0919. The molecule has 17 heavy (non-hydrogen) atoms. The van der Waals surface area contributed by atoms with Crippen molar-refractivity contribution in [3.8, 4) is 5.75 Å². The average molecular weight is 236 g/mol. The summed E-state index contributed by atoms with van der Waals surface area (Å²) in [5, 5.41) is 23.7. The summed E-state index contributed by atoms with van der Waals surface area (Å²) in [5.74, 6) is 0.675. The van der Waals surface area contributed by atoms with Crippen LogP contribution in [0.5, 0.6) is 5.75 Å². The normalized spacial score (nSPS) is 18.8. The highest BCUT2D eigenvalue weighted by Gasteiger charge is 2.33. The molecular weight excluding hydrogens is 224 g/mol. The van der Waals surface area contributed by atoms with Crippen molar-refractivity contribution in [2.75, 3.05) is 20.3 Å². The predicted octanol–water partition coefficient (Wildman–Crippen LogP) is 0.331. The highest BCUT2D eigenvalue weighted by Crippen LogP contribution is 2.26. The number of nitrogens with zero attached hydrogens (tertiary/aromatic N) is 2. The van der Waals surface area contributed by atoms with Crippen molar-refractivity contribution in [3.05, 3.63) is 35.0 Å². The minimum absolute atomic E-state index is 0.0546. The number of fused-ring (bicyclic) bond motifs is 1. The number of hydrogen-bond acceptors (Lipinski definition) is 5. The molecule has 0 aromatic heterocycles. The van der Waals surface area contributed by atoms with Crippen molar-refractivity contribution in [2.45, 2.75) is 0 Å². The fourth-order valence-corrected chi connectivity index (χ4v) is 1.53. The summed E-state index contributed by atoms with van der Waals surface area (Å²) in [4.78, 5) is 4.80. The van der Waals surface area contributed by atoms with Gasteiger partial charge in [0, 0.05) is 0 Å². The lowest BCUT2D eigenvalue weighted by Gasteiger charge is -2.00. The molecule has 0 fully saturated rings. The molecule has 0 amide bonds. The zero-order valence-corrected chi connectivity index (χ0v) is 9.29. The molecule has 90 valence electrons. The van der Waals surface area contributed by atoms with Gasteiger partial charge in [0.25, 0.3) is 5.71 Å². The summed E-state index contributed by atoms with van der Waals surface area (Å²) in [6, 6.07) is 7.13. The summed E-state index contributed by atoms with van der Waals surface area (Å²) in [5.41, 5.74) is 0.995. The molecule has 0 bridgehead atoms. The number of aliphatic hydroxyl groups is 1. The van der Waals surface area contributed by atoms with E-state index < -0.39 is 0 Å². The van der Waals surface area contributed by atoms with E-state index in [-0.39, 0.29) is 19.1 Å². The number of rotatable bonds is 3. The van der Waals surface area contributed by atoms with E-state index in [1.165, 1.54) is 7.05 Å². The zero-order chi connectivity index (χ0) is 12.3. The minimum Gasteiger partial charge on any atom is -0.623 e. The summed E-state index contributed by atoms with van der Waals surface area (Å²) < 4.78 is 6.07. The Kier molecular flexibility index (Phi) is 3.24. The molecule has 0 aliphatic carbocycles. The average Bonchev–Trinajstić information content (AvgIpc) is 2.67. The van der Waals surface area contributed by atoms with Crippen LogP contribution < -0.4 is 4.74 Å². The van der Waals surface area contributed by atoms with E-state index in [9.17, 15) is 5.21 Å². The Morgan fingerprint density at radius 3 is 2.94 bits per heavy atom. The molecule has 1 aromatic rings. The first kappa shape index (κ1) is 11.4. The molecule has 2 rings (SSSR count). The Hall–Kier alpha value is -2.08. The molecular formula is C11H12N2O4. The fourth-order valence-electron chi connectivity index (χ4n) is 1.53. The highest BCUT2D eigenvalue weighted by molar-refractivity contribution is 6.46. The van der Waals surface area contributed by atoms with Crippen LogP contribution in [0, 0.1) is 5.21 Å². The van der Waals surface area contributed by atoms with Gasteiger partial charge in [-0.1, -0.05) is 12.1 Å². The zero-order valence-electron chi connectivity index (χ0n) is 9.29. The first-order valence-electron chi connectivity index (χ1n) is 5.10. The second-order valence-electron chi connectivity index (χ2n) is 3.40. The van der Waals surface area contributed by atoms with Crippen LogP contribution in [0.2, 0.25) is 0 Å². The van der Waals surface area contributed by atoms with Gasteiger partial charge < -0.3 is 19.9 Å². The number of hydroxylamine groups is 1. The van der Waals surface area contributed by atoms with Gasteiger partial charge in [-0.05, 0) is 17.3 Å². The van der Waals surface area contributed by atoms with Crippen molar-refractivity contribution in [3.63, 3.8) is 0 Å². The van der Waals surface area contributed by atoms with Gasteiger partial charge in [-0.15, -0.1) is 0 Å². The molecule has 1 aliphatic rings. The van der Waals surface area contributed by atoms with Crippen molar-refractivity contribution >= 4 is 11.6 Å². The highest BCUT2D eigenvalue weighted by atomic mass is 16.7. The molecule has 1 aliphatic heterocycles. The first-order valence-corrected chi connectivity index (χ1v) is 5.10. The molecule has 0 atom stereocenters. The number of aliphatic hydroxyl groups excluding tert-OH is 1. The van der Waals surface area contributed by atoms with Gasteiger partial charge in [0.2, 0.25) is 0 Å². The van der Waals surface area contributed by atoms with Gasteiger partial charge in [-0.3, -0.25) is 0 Å². The lowest BCUT2D eigenvalue weighted by molar-refractivity contribution is -0.420. The fraction of sp³-hybridized carbons (Fsp3) is 0.273. The van der Waals surface area contributed by atoms with Gasteiger partial charge in [0.15, 0.2) is 0 Å². The van der Waals surface area contributed by atoms with E-state index in [2.05, 4.69) is 5.16 Å². The molecule has 0 radical (unpaired) electrons. The van der Waals surface area contributed by atoms with Crippen LogP contribution in [-0.2, 0) is 4.84 Å². The number of para-hydroxylation sites is 1. The second kappa shape index (κ2) is 4.84. The predicted molar refractivity (Wildman–Crippen MR) is 61.2 cm³/mol. The largest absolute Gasteiger partial charge is 0.623 e. The van der Waals surface area contributed by atoms with Gasteiger partial charge in [0.1, 0.15) is 19.4 Å². The Balaban J connectivity index is 2.35. The first-order chi connectivity index (χ1) is 8.24. The third-order valence-electron chi connectivity index (χ3n) is 2.20. The Labute approximate surface area is 98.0 Å². The van der Waals surface area contributed by atoms with Crippen LogP contribution in [-0.4, -0.2) is 41.7 Å². The third kappa shape index (κ3) is 2.21. The maximum absolute atomic E-state index is 11.5.